The summed E-state index contributed by atoms with van der Waals surface area (Å²) in [4.78, 5) is 25.7. The first-order valence-electron chi connectivity index (χ1n) is 7.64. The molecule has 0 aromatic heterocycles. The van der Waals surface area contributed by atoms with Crippen LogP contribution in [-0.2, 0) is 9.59 Å². The molecule has 2 aliphatic carbocycles. The fraction of sp³-hybridized carbons (Fsp3) is 0.867. The average Bonchev–Trinajstić information content (AvgIpc) is 2.91. The Morgan fingerprint density at radius 1 is 1.30 bits per heavy atom. The fourth-order valence-corrected chi connectivity index (χ4v) is 4.51. The predicted molar refractivity (Wildman–Crippen MR) is 73.8 cm³/mol. The van der Waals surface area contributed by atoms with Crippen molar-refractivity contribution in [3.05, 3.63) is 0 Å². The highest BCUT2D eigenvalue weighted by atomic mass is 16.4. The Hall–Kier alpha value is -1.10. The molecule has 0 bridgehead atoms. The van der Waals surface area contributed by atoms with Gasteiger partial charge in [0, 0.05) is 12.5 Å². The number of hydrogen-bond acceptors (Lipinski definition) is 3. The van der Waals surface area contributed by atoms with Crippen LogP contribution in [0, 0.1) is 23.2 Å². The van der Waals surface area contributed by atoms with Gasteiger partial charge >= 0.3 is 5.97 Å². The molecule has 0 spiro atoms. The van der Waals surface area contributed by atoms with Crippen LogP contribution in [0.3, 0.4) is 0 Å². The van der Waals surface area contributed by atoms with Gasteiger partial charge in [0.1, 0.15) is 6.04 Å². The minimum absolute atomic E-state index is 0.0529. The van der Waals surface area contributed by atoms with Crippen molar-refractivity contribution in [1.82, 2.24) is 4.90 Å². The van der Waals surface area contributed by atoms with Crippen molar-refractivity contribution in [3.63, 3.8) is 0 Å². The fourth-order valence-electron chi connectivity index (χ4n) is 4.51. The quantitative estimate of drug-likeness (QED) is 0.810. The highest BCUT2D eigenvalue weighted by Gasteiger charge is 2.69. The van der Waals surface area contributed by atoms with Crippen LogP contribution in [0.5, 0.6) is 0 Å². The first kappa shape index (κ1) is 13.9. The van der Waals surface area contributed by atoms with Gasteiger partial charge in [0.05, 0.1) is 6.04 Å². The van der Waals surface area contributed by atoms with E-state index < -0.39 is 18.1 Å². The van der Waals surface area contributed by atoms with Gasteiger partial charge in [-0.05, 0) is 30.1 Å². The zero-order valence-electron chi connectivity index (χ0n) is 12.2. The summed E-state index contributed by atoms with van der Waals surface area (Å²) < 4.78 is 0. The largest absolute Gasteiger partial charge is 0.480 e. The van der Waals surface area contributed by atoms with Crippen molar-refractivity contribution in [2.75, 3.05) is 6.54 Å². The molecule has 20 heavy (non-hydrogen) atoms. The molecule has 1 aliphatic heterocycles. The van der Waals surface area contributed by atoms with Crippen molar-refractivity contribution < 1.29 is 14.7 Å². The van der Waals surface area contributed by atoms with Crippen molar-refractivity contribution in [1.29, 1.82) is 0 Å². The smallest absolute Gasteiger partial charge is 0.326 e. The van der Waals surface area contributed by atoms with E-state index in [1.165, 1.54) is 0 Å². The van der Waals surface area contributed by atoms with Crippen molar-refractivity contribution in [2.45, 2.75) is 51.6 Å². The zero-order valence-corrected chi connectivity index (χ0v) is 12.2. The van der Waals surface area contributed by atoms with Gasteiger partial charge in [-0.15, -0.1) is 0 Å². The van der Waals surface area contributed by atoms with E-state index in [4.69, 9.17) is 5.73 Å². The van der Waals surface area contributed by atoms with Crippen molar-refractivity contribution >= 4 is 11.9 Å². The number of likely N-dealkylation sites (tertiary alicyclic amines) is 1. The number of carboxylic acid groups (broad SMARTS) is 1. The maximum atomic E-state index is 12.6. The first-order valence-corrected chi connectivity index (χ1v) is 7.64. The molecule has 4 atom stereocenters. The maximum absolute atomic E-state index is 12.6. The molecule has 3 fully saturated rings. The van der Waals surface area contributed by atoms with Gasteiger partial charge in [0.15, 0.2) is 0 Å². The summed E-state index contributed by atoms with van der Waals surface area (Å²) in [5.41, 5.74) is 6.16. The van der Waals surface area contributed by atoms with E-state index in [2.05, 4.69) is 13.8 Å². The van der Waals surface area contributed by atoms with Crippen LogP contribution in [-0.4, -0.2) is 40.5 Å². The van der Waals surface area contributed by atoms with Crippen LogP contribution < -0.4 is 5.73 Å². The molecule has 0 unspecified atom stereocenters. The number of nitrogens with two attached hydrogens (primary N) is 1. The number of nitrogens with zero attached hydrogens (tertiary/aromatic N) is 1. The van der Waals surface area contributed by atoms with Gasteiger partial charge in [-0.2, -0.15) is 0 Å². The molecule has 0 radical (unpaired) electrons. The molecule has 3 aliphatic rings. The minimum atomic E-state index is -0.880. The minimum Gasteiger partial charge on any atom is -0.480 e. The van der Waals surface area contributed by atoms with Crippen LogP contribution in [0.25, 0.3) is 0 Å². The third-order valence-corrected chi connectivity index (χ3v) is 5.94. The van der Waals surface area contributed by atoms with Gasteiger partial charge in [0.25, 0.3) is 0 Å². The summed E-state index contributed by atoms with van der Waals surface area (Å²) in [7, 11) is 0. The number of fused-ring (bicyclic) bond motifs is 1. The molecular weight excluding hydrogens is 256 g/mol. The molecule has 1 amide bonds. The van der Waals surface area contributed by atoms with E-state index in [-0.39, 0.29) is 23.2 Å². The Kier molecular flexibility index (Phi) is 3.08. The Bertz CT molecular complexity index is 442. The van der Waals surface area contributed by atoms with Gasteiger partial charge in [0.2, 0.25) is 5.91 Å². The lowest BCUT2D eigenvalue weighted by Gasteiger charge is -2.31. The second-order valence-electron chi connectivity index (χ2n) is 7.30. The van der Waals surface area contributed by atoms with Crippen LogP contribution >= 0.6 is 0 Å². The van der Waals surface area contributed by atoms with Gasteiger partial charge in [-0.3, -0.25) is 4.79 Å². The number of amides is 1. The summed E-state index contributed by atoms with van der Waals surface area (Å²) in [5, 5.41) is 9.47. The van der Waals surface area contributed by atoms with Gasteiger partial charge < -0.3 is 15.7 Å². The summed E-state index contributed by atoms with van der Waals surface area (Å²) in [5.74, 6) is -0.368. The number of rotatable bonds is 3. The molecule has 2 saturated carbocycles. The molecule has 3 rings (SSSR count). The molecule has 1 saturated heterocycles. The van der Waals surface area contributed by atoms with E-state index in [0.29, 0.717) is 12.5 Å². The second kappa shape index (κ2) is 4.45. The Morgan fingerprint density at radius 2 is 1.90 bits per heavy atom. The molecule has 0 aromatic carbocycles. The van der Waals surface area contributed by atoms with E-state index in [0.717, 1.165) is 25.7 Å². The van der Waals surface area contributed by atoms with Crippen molar-refractivity contribution in [2.24, 2.45) is 28.9 Å². The maximum Gasteiger partial charge on any atom is 0.326 e. The van der Waals surface area contributed by atoms with E-state index >= 15 is 0 Å². The number of piperidine rings is 1. The number of carbonyl (C=O) groups is 2. The lowest BCUT2D eigenvalue weighted by Crippen LogP contribution is -2.53. The van der Waals surface area contributed by atoms with Crippen LogP contribution in [0.2, 0.25) is 0 Å². The summed E-state index contributed by atoms with van der Waals surface area (Å²) in [6.07, 6.45) is 4.26. The Balaban J connectivity index is 1.74. The molecule has 3 N–H and O–H groups in total. The number of aliphatic carboxylic acids is 1. The summed E-state index contributed by atoms with van der Waals surface area (Å²) >= 11 is 0. The van der Waals surface area contributed by atoms with Gasteiger partial charge in [-0.25, -0.2) is 4.79 Å². The predicted octanol–water partition coefficient (Wildman–Crippen LogP) is 1.07. The van der Waals surface area contributed by atoms with Gasteiger partial charge in [-0.1, -0.05) is 26.7 Å². The van der Waals surface area contributed by atoms with Crippen LogP contribution in [0.1, 0.15) is 39.5 Å². The lowest BCUT2D eigenvalue weighted by molar-refractivity contribution is -0.151. The summed E-state index contributed by atoms with van der Waals surface area (Å²) in [6, 6.07) is -1.19. The van der Waals surface area contributed by atoms with E-state index in [1.807, 2.05) is 0 Å². The average molecular weight is 280 g/mol. The third-order valence-electron chi connectivity index (χ3n) is 5.94. The number of carboxylic acids is 1. The molecule has 5 nitrogen and oxygen atoms in total. The zero-order chi connectivity index (χ0) is 14.7. The number of hydrogen-bond donors (Lipinski definition) is 2. The molecule has 1 heterocycles. The normalized spacial score (nSPS) is 36.8. The number of carbonyl (C=O) groups excluding carboxylic acids is 1. The van der Waals surface area contributed by atoms with E-state index in [9.17, 15) is 14.7 Å². The lowest BCUT2D eigenvalue weighted by atomic mass is 9.95. The molecule has 0 aromatic rings. The SMILES string of the molecule is CC1(C)[C@@H]2[C@@H](C(=O)O)N(C(=O)[C@@H](N)C3CCCC3)C[C@@H]21. The van der Waals surface area contributed by atoms with Crippen LogP contribution in [0.4, 0.5) is 0 Å². The summed E-state index contributed by atoms with van der Waals surface area (Å²) in [6.45, 7) is 4.75. The topological polar surface area (TPSA) is 83.6 Å². The second-order valence-corrected chi connectivity index (χ2v) is 7.30. The molecular formula is C15H24N2O3. The standard InChI is InChI=1S/C15H24N2O3/c1-15(2)9-7-17(12(10(9)15)14(19)20)13(18)11(16)8-5-3-4-6-8/h8-12H,3-7,16H2,1-2H3,(H,19,20)/t9-,10-,11-,12-/m0/s1. The Labute approximate surface area is 119 Å². The van der Waals surface area contributed by atoms with Crippen LogP contribution in [0.15, 0.2) is 0 Å². The highest BCUT2D eigenvalue weighted by Crippen LogP contribution is 2.64. The highest BCUT2D eigenvalue weighted by molar-refractivity contribution is 5.88. The molecule has 5 heteroatoms. The molecule has 112 valence electrons. The monoisotopic (exact) mass is 280 g/mol. The Morgan fingerprint density at radius 3 is 2.45 bits per heavy atom. The first-order chi connectivity index (χ1) is 9.35. The third kappa shape index (κ3) is 1.86. The van der Waals surface area contributed by atoms with Crippen molar-refractivity contribution in [3.8, 4) is 0 Å². The van der Waals surface area contributed by atoms with E-state index in [1.54, 1.807) is 4.90 Å².